The number of benzene rings is 1. The molecule has 2 rings (SSSR count). The Labute approximate surface area is 132 Å². The monoisotopic (exact) mass is 299 g/mol. The molecule has 0 saturated heterocycles. The molecule has 2 aromatic rings. The average molecular weight is 299 g/mol. The summed E-state index contributed by atoms with van der Waals surface area (Å²) in [5.41, 5.74) is 1.04. The van der Waals surface area contributed by atoms with Crippen molar-refractivity contribution in [2.75, 3.05) is 11.4 Å². The van der Waals surface area contributed by atoms with Gasteiger partial charge in [-0.15, -0.1) is 0 Å². The summed E-state index contributed by atoms with van der Waals surface area (Å²) >= 11 is 0. The number of anilines is 1. The van der Waals surface area contributed by atoms with Gasteiger partial charge in [-0.3, -0.25) is 14.4 Å². The van der Waals surface area contributed by atoms with E-state index in [0.717, 1.165) is 30.8 Å². The maximum atomic E-state index is 12.7. The summed E-state index contributed by atoms with van der Waals surface area (Å²) in [4.78, 5) is 14.5. The second-order valence-corrected chi connectivity index (χ2v) is 5.62. The van der Waals surface area contributed by atoms with Crippen molar-refractivity contribution in [1.82, 2.24) is 9.78 Å². The zero-order valence-electron chi connectivity index (χ0n) is 13.5. The van der Waals surface area contributed by atoms with E-state index >= 15 is 0 Å². The van der Waals surface area contributed by atoms with Crippen molar-refractivity contribution in [2.45, 2.75) is 39.0 Å². The Balaban J connectivity index is 2.04. The smallest absolute Gasteiger partial charge is 0.232 e. The number of rotatable bonds is 8. The van der Waals surface area contributed by atoms with Crippen LogP contribution in [0, 0.1) is 0 Å². The van der Waals surface area contributed by atoms with E-state index in [1.165, 1.54) is 12.8 Å². The van der Waals surface area contributed by atoms with E-state index in [-0.39, 0.29) is 5.91 Å². The average Bonchev–Trinajstić information content (AvgIpc) is 2.94. The van der Waals surface area contributed by atoms with Gasteiger partial charge in [0.2, 0.25) is 5.91 Å². The molecule has 1 amide bonds. The Morgan fingerprint density at radius 3 is 2.55 bits per heavy atom. The van der Waals surface area contributed by atoms with Gasteiger partial charge in [0, 0.05) is 25.9 Å². The minimum Gasteiger partial charge on any atom is -0.295 e. The molecule has 0 aliphatic heterocycles. The van der Waals surface area contributed by atoms with Gasteiger partial charge in [0.15, 0.2) is 5.82 Å². The normalized spacial score (nSPS) is 10.6. The Hall–Kier alpha value is -2.10. The highest BCUT2D eigenvalue weighted by molar-refractivity contribution is 5.93. The van der Waals surface area contributed by atoms with Gasteiger partial charge < -0.3 is 0 Å². The molecule has 0 bridgehead atoms. The summed E-state index contributed by atoms with van der Waals surface area (Å²) in [5, 5.41) is 4.39. The first-order chi connectivity index (χ1) is 10.7. The molecule has 118 valence electrons. The van der Waals surface area contributed by atoms with Crippen LogP contribution in [0.1, 0.15) is 38.2 Å². The number of nitrogens with zero attached hydrogens (tertiary/aromatic N) is 3. The molecule has 22 heavy (non-hydrogen) atoms. The summed E-state index contributed by atoms with van der Waals surface area (Å²) in [6.45, 7) is 2.93. The molecule has 1 heterocycles. The molecule has 0 spiro atoms. The molecule has 1 aromatic carbocycles. The molecule has 0 atom stereocenters. The summed E-state index contributed by atoms with van der Waals surface area (Å²) < 4.78 is 1.74. The van der Waals surface area contributed by atoms with Crippen molar-refractivity contribution in [3.8, 4) is 0 Å². The van der Waals surface area contributed by atoms with E-state index < -0.39 is 0 Å². The van der Waals surface area contributed by atoms with Gasteiger partial charge in [-0.1, -0.05) is 56.5 Å². The van der Waals surface area contributed by atoms with E-state index in [1.54, 1.807) is 4.68 Å². The number of hydrogen-bond donors (Lipinski definition) is 0. The second kappa shape index (κ2) is 8.37. The second-order valence-electron chi connectivity index (χ2n) is 5.62. The van der Waals surface area contributed by atoms with Crippen LogP contribution < -0.4 is 4.90 Å². The standard InChI is InChI=1S/C18H25N3O/c1-3-4-5-9-13-21(17-12-14-20(2)19-17)18(22)15-16-10-7-6-8-11-16/h6-8,10-12,14H,3-5,9,13,15H2,1-2H3. The van der Waals surface area contributed by atoms with Gasteiger partial charge in [0.1, 0.15) is 0 Å². The SMILES string of the molecule is CCCCCCN(C(=O)Cc1ccccc1)c1ccn(C)n1. The highest BCUT2D eigenvalue weighted by Crippen LogP contribution is 2.14. The van der Waals surface area contributed by atoms with Crippen LogP contribution >= 0.6 is 0 Å². The number of hydrogen-bond acceptors (Lipinski definition) is 2. The summed E-state index contributed by atoms with van der Waals surface area (Å²) in [6.07, 6.45) is 6.88. The van der Waals surface area contributed by atoms with Gasteiger partial charge in [0.05, 0.1) is 6.42 Å². The quantitative estimate of drug-likeness (QED) is 0.699. The number of amides is 1. The van der Waals surface area contributed by atoms with Gasteiger partial charge in [0.25, 0.3) is 0 Å². The van der Waals surface area contributed by atoms with Crippen LogP contribution in [0.4, 0.5) is 5.82 Å². The minimum atomic E-state index is 0.112. The number of aromatic nitrogens is 2. The number of unbranched alkanes of at least 4 members (excludes halogenated alkanes) is 3. The molecular weight excluding hydrogens is 274 g/mol. The van der Waals surface area contributed by atoms with E-state index in [0.29, 0.717) is 6.42 Å². The molecule has 0 radical (unpaired) electrons. The Bertz CT molecular complexity index is 577. The van der Waals surface area contributed by atoms with Crippen molar-refractivity contribution < 1.29 is 4.79 Å². The fraction of sp³-hybridized carbons (Fsp3) is 0.444. The van der Waals surface area contributed by atoms with Crippen LogP contribution in [-0.4, -0.2) is 22.2 Å². The molecule has 1 aromatic heterocycles. The summed E-state index contributed by atoms with van der Waals surface area (Å²) in [7, 11) is 1.88. The van der Waals surface area contributed by atoms with E-state index in [9.17, 15) is 4.79 Å². The Kier molecular flexibility index (Phi) is 6.19. The van der Waals surface area contributed by atoms with Crippen molar-refractivity contribution in [3.63, 3.8) is 0 Å². The highest BCUT2D eigenvalue weighted by Gasteiger charge is 2.17. The molecule has 0 N–H and O–H groups in total. The largest absolute Gasteiger partial charge is 0.295 e. The highest BCUT2D eigenvalue weighted by atomic mass is 16.2. The first kappa shape index (κ1) is 16.3. The molecule has 4 heteroatoms. The third kappa shape index (κ3) is 4.72. The maximum absolute atomic E-state index is 12.7. The first-order valence-electron chi connectivity index (χ1n) is 8.04. The van der Waals surface area contributed by atoms with Crippen molar-refractivity contribution in [2.24, 2.45) is 7.05 Å². The van der Waals surface area contributed by atoms with Crippen LogP contribution in [0.3, 0.4) is 0 Å². The molecule has 0 fully saturated rings. The van der Waals surface area contributed by atoms with Crippen LogP contribution in [0.2, 0.25) is 0 Å². The molecular formula is C18H25N3O. The molecule has 4 nitrogen and oxygen atoms in total. The third-order valence-electron chi connectivity index (χ3n) is 3.71. The van der Waals surface area contributed by atoms with Crippen molar-refractivity contribution in [1.29, 1.82) is 0 Å². The summed E-state index contributed by atoms with van der Waals surface area (Å²) in [5.74, 6) is 0.862. The minimum absolute atomic E-state index is 0.112. The van der Waals surface area contributed by atoms with Gasteiger partial charge >= 0.3 is 0 Å². The molecule has 0 saturated carbocycles. The van der Waals surface area contributed by atoms with Gasteiger partial charge in [-0.05, 0) is 12.0 Å². The number of aryl methyl sites for hydroxylation is 1. The summed E-state index contributed by atoms with van der Waals surface area (Å²) in [6, 6.07) is 11.8. The lowest BCUT2D eigenvalue weighted by Crippen LogP contribution is -2.33. The Morgan fingerprint density at radius 2 is 1.91 bits per heavy atom. The zero-order valence-corrected chi connectivity index (χ0v) is 13.5. The van der Waals surface area contributed by atoms with E-state index in [1.807, 2.05) is 54.5 Å². The fourth-order valence-corrected chi connectivity index (χ4v) is 2.48. The van der Waals surface area contributed by atoms with Gasteiger partial charge in [-0.25, -0.2) is 0 Å². The molecule has 0 aliphatic rings. The van der Waals surface area contributed by atoms with Crippen molar-refractivity contribution in [3.05, 3.63) is 48.2 Å². The van der Waals surface area contributed by atoms with E-state index in [2.05, 4.69) is 12.0 Å². The zero-order chi connectivity index (χ0) is 15.8. The van der Waals surface area contributed by atoms with Crippen LogP contribution in [0.5, 0.6) is 0 Å². The topological polar surface area (TPSA) is 38.1 Å². The van der Waals surface area contributed by atoms with Crippen LogP contribution in [0.15, 0.2) is 42.6 Å². The lowest BCUT2D eigenvalue weighted by molar-refractivity contribution is -0.118. The molecule has 0 aliphatic carbocycles. The van der Waals surface area contributed by atoms with Crippen molar-refractivity contribution >= 4 is 11.7 Å². The predicted molar refractivity (Wildman–Crippen MR) is 89.8 cm³/mol. The lowest BCUT2D eigenvalue weighted by Gasteiger charge is -2.20. The number of carbonyl (C=O) groups excluding carboxylic acids is 1. The number of carbonyl (C=O) groups is 1. The Morgan fingerprint density at radius 1 is 1.14 bits per heavy atom. The fourth-order valence-electron chi connectivity index (χ4n) is 2.48. The van der Waals surface area contributed by atoms with E-state index in [4.69, 9.17) is 0 Å². The van der Waals surface area contributed by atoms with Crippen LogP contribution in [-0.2, 0) is 18.3 Å². The molecule has 0 unspecified atom stereocenters. The maximum Gasteiger partial charge on any atom is 0.232 e. The first-order valence-corrected chi connectivity index (χ1v) is 8.04. The van der Waals surface area contributed by atoms with Gasteiger partial charge in [-0.2, -0.15) is 5.10 Å². The lowest BCUT2D eigenvalue weighted by atomic mass is 10.1. The predicted octanol–water partition coefficient (Wildman–Crippen LogP) is 3.58. The third-order valence-corrected chi connectivity index (χ3v) is 3.71. The van der Waals surface area contributed by atoms with Crippen LogP contribution in [0.25, 0.3) is 0 Å².